The lowest BCUT2D eigenvalue weighted by molar-refractivity contribution is -0.402. The predicted octanol–water partition coefficient (Wildman–Crippen LogP) is 5.28. The van der Waals surface area contributed by atoms with Gasteiger partial charge in [0, 0.05) is 49.6 Å². The van der Waals surface area contributed by atoms with E-state index < -0.39 is 10.1 Å². The molecule has 194 valence electrons. The number of hydrogen-bond donors (Lipinski definition) is 0. The molecular weight excluding hydrogens is 490 g/mol. The van der Waals surface area contributed by atoms with E-state index in [9.17, 15) is 23.1 Å². The number of nitrogens with zero attached hydrogens (tertiary/aromatic N) is 3. The fourth-order valence-corrected chi connectivity index (χ4v) is 4.67. The molecule has 37 heavy (non-hydrogen) atoms. The number of rotatable bonds is 5. The number of allylic oxidation sites excluding steroid dienone is 1. The van der Waals surface area contributed by atoms with Crippen molar-refractivity contribution < 1.29 is 22.5 Å². The highest BCUT2D eigenvalue weighted by Crippen LogP contribution is 2.41. The van der Waals surface area contributed by atoms with Crippen LogP contribution in [-0.2, 0) is 15.5 Å². The Balaban J connectivity index is 0.000000289. The van der Waals surface area contributed by atoms with Gasteiger partial charge in [-0.25, -0.2) is 8.42 Å². The summed E-state index contributed by atoms with van der Waals surface area (Å²) >= 11 is 0. The first-order chi connectivity index (χ1) is 17.2. The summed E-state index contributed by atoms with van der Waals surface area (Å²) in [6.07, 6.45) is 4.20. The van der Waals surface area contributed by atoms with Gasteiger partial charge in [0.1, 0.15) is 17.2 Å². The smallest absolute Gasteiger partial charge is 0.270 e. The molecule has 0 radical (unpaired) electrons. The summed E-state index contributed by atoms with van der Waals surface area (Å²) in [4.78, 5) is 12.7. The molecule has 0 aromatic heterocycles. The maximum Gasteiger partial charge on any atom is 0.270 e. The maximum atomic E-state index is 11.1. The highest BCUT2D eigenvalue weighted by molar-refractivity contribution is 7.85. The number of aryl methyl sites for hydroxylation is 1. The Kier molecular flexibility index (Phi) is 8.00. The number of fused-ring (bicyclic) bond motifs is 1. The van der Waals surface area contributed by atoms with Crippen molar-refractivity contribution in [1.29, 1.82) is 0 Å². The Morgan fingerprint density at radius 2 is 1.54 bits per heavy atom. The van der Waals surface area contributed by atoms with Crippen molar-refractivity contribution in [3.63, 3.8) is 0 Å². The summed E-state index contributed by atoms with van der Waals surface area (Å²) in [5.74, 6) is 0. The fourth-order valence-electron chi connectivity index (χ4n) is 4.20. The molecule has 0 fully saturated rings. The normalized spacial score (nSPS) is 14.2. The van der Waals surface area contributed by atoms with Crippen molar-refractivity contribution >= 4 is 39.0 Å². The monoisotopic (exact) mass is 521 g/mol. The lowest BCUT2D eigenvalue weighted by Gasteiger charge is -2.15. The molecule has 0 atom stereocenters. The van der Waals surface area contributed by atoms with Crippen LogP contribution in [0.4, 0.5) is 17.1 Å². The first kappa shape index (κ1) is 27.8. The summed E-state index contributed by atoms with van der Waals surface area (Å²) in [6, 6.07) is 19.2. The minimum atomic E-state index is -4.27. The van der Waals surface area contributed by atoms with Crippen LogP contribution in [0.5, 0.6) is 0 Å². The molecule has 0 amide bonds. The minimum absolute atomic E-state index is 0.134. The third kappa shape index (κ3) is 6.31. The van der Waals surface area contributed by atoms with Gasteiger partial charge in [-0.15, -0.1) is 0 Å². The van der Waals surface area contributed by atoms with Gasteiger partial charge in [-0.2, -0.15) is 4.58 Å². The van der Waals surface area contributed by atoms with E-state index in [1.54, 1.807) is 24.3 Å². The molecule has 0 spiro atoms. The van der Waals surface area contributed by atoms with Crippen LogP contribution in [0.2, 0.25) is 0 Å². The SMILES string of the molecule is CN(C)c1ccc(C=CC2=[N+](C)c3ccc([N+](=O)[O-])cc3C2(C)C)cc1.Cc1ccc(S(=O)(=O)[O-])cc1. The Labute approximate surface area is 218 Å². The molecule has 9 heteroatoms. The van der Waals surface area contributed by atoms with Crippen molar-refractivity contribution in [2.45, 2.75) is 31.1 Å². The quantitative estimate of drug-likeness (QED) is 0.196. The van der Waals surface area contributed by atoms with Crippen LogP contribution in [0.25, 0.3) is 6.08 Å². The van der Waals surface area contributed by atoms with Crippen LogP contribution in [-0.4, -0.2) is 49.3 Å². The van der Waals surface area contributed by atoms with Crippen LogP contribution < -0.4 is 4.90 Å². The number of nitro benzene ring substituents is 1. The van der Waals surface area contributed by atoms with E-state index in [0.29, 0.717) is 0 Å². The molecule has 3 aromatic rings. The van der Waals surface area contributed by atoms with Crippen molar-refractivity contribution in [1.82, 2.24) is 0 Å². The molecule has 8 nitrogen and oxygen atoms in total. The number of benzene rings is 3. The van der Waals surface area contributed by atoms with Crippen molar-refractivity contribution in [2.24, 2.45) is 0 Å². The van der Waals surface area contributed by atoms with Gasteiger partial charge >= 0.3 is 0 Å². The molecule has 0 N–H and O–H groups in total. The third-order valence-electron chi connectivity index (χ3n) is 6.38. The minimum Gasteiger partial charge on any atom is -0.744 e. The van der Waals surface area contributed by atoms with Crippen LogP contribution in [0, 0.1) is 17.0 Å². The number of non-ortho nitro benzene ring substituents is 1. The number of anilines is 1. The van der Waals surface area contributed by atoms with E-state index >= 15 is 0 Å². The lowest BCUT2D eigenvalue weighted by Crippen LogP contribution is -2.26. The van der Waals surface area contributed by atoms with Gasteiger partial charge in [0.2, 0.25) is 5.69 Å². The molecule has 0 saturated heterocycles. The average molecular weight is 522 g/mol. The first-order valence-corrected chi connectivity index (χ1v) is 13.0. The van der Waals surface area contributed by atoms with Crippen LogP contribution in [0.15, 0.2) is 77.7 Å². The molecular formula is C28H31N3O5S. The van der Waals surface area contributed by atoms with Gasteiger partial charge in [0.15, 0.2) is 5.71 Å². The second-order valence-corrected chi connectivity index (χ2v) is 11.0. The van der Waals surface area contributed by atoms with E-state index in [1.165, 1.54) is 12.1 Å². The standard InChI is InChI=1S/C21H24N3O2.C7H8O3S/c1-21(2)18-14-17(24(25)26)11-12-19(18)23(5)20(21)13-8-15-6-9-16(10-7-15)22(3)4;1-6-2-4-7(5-3-6)11(8,9)10/h6-14H,1-5H3;2-5H,1H3,(H,8,9,10)/q+1;/p-1. The van der Waals surface area contributed by atoms with Gasteiger partial charge in [0.25, 0.3) is 5.69 Å². The van der Waals surface area contributed by atoms with Crippen molar-refractivity contribution in [2.75, 3.05) is 26.0 Å². The molecule has 4 rings (SSSR count). The Morgan fingerprint density at radius 3 is 2.05 bits per heavy atom. The van der Waals surface area contributed by atoms with E-state index in [4.69, 9.17) is 0 Å². The molecule has 0 bridgehead atoms. The van der Waals surface area contributed by atoms with Crippen molar-refractivity contribution in [3.8, 4) is 0 Å². The van der Waals surface area contributed by atoms with Crippen LogP contribution in [0.1, 0.15) is 30.5 Å². The van der Waals surface area contributed by atoms with Crippen LogP contribution in [0.3, 0.4) is 0 Å². The van der Waals surface area contributed by atoms with Gasteiger partial charge in [-0.1, -0.05) is 29.8 Å². The number of hydrogen-bond acceptors (Lipinski definition) is 6. The summed E-state index contributed by atoms with van der Waals surface area (Å²) in [5, 5.41) is 11.1. The fraction of sp³-hybridized carbons (Fsp3) is 0.250. The summed E-state index contributed by atoms with van der Waals surface area (Å²) in [7, 11) is 1.78. The third-order valence-corrected chi connectivity index (χ3v) is 7.23. The second-order valence-electron chi connectivity index (χ2n) is 9.61. The highest BCUT2D eigenvalue weighted by atomic mass is 32.2. The molecule has 0 unspecified atom stereocenters. The van der Waals surface area contributed by atoms with E-state index in [0.717, 1.165) is 33.8 Å². The van der Waals surface area contributed by atoms with Crippen molar-refractivity contribution in [3.05, 3.63) is 99.6 Å². The van der Waals surface area contributed by atoms with Crippen LogP contribution >= 0.6 is 0 Å². The zero-order valence-electron chi connectivity index (χ0n) is 21.8. The van der Waals surface area contributed by atoms with E-state index in [1.807, 2.05) is 34.1 Å². The Morgan fingerprint density at radius 1 is 0.946 bits per heavy atom. The van der Waals surface area contributed by atoms with Gasteiger partial charge in [-0.3, -0.25) is 10.1 Å². The lowest BCUT2D eigenvalue weighted by atomic mass is 9.81. The molecule has 1 heterocycles. The van der Waals surface area contributed by atoms with Gasteiger partial charge < -0.3 is 9.45 Å². The van der Waals surface area contributed by atoms with Gasteiger partial charge in [0.05, 0.1) is 15.2 Å². The van der Waals surface area contributed by atoms with E-state index in [-0.39, 0.29) is 20.9 Å². The summed E-state index contributed by atoms with van der Waals surface area (Å²) in [6.45, 7) is 6.03. The molecule has 1 aliphatic heterocycles. The zero-order chi connectivity index (χ0) is 27.5. The average Bonchev–Trinajstić information content (AvgIpc) is 3.02. The number of nitro groups is 1. The van der Waals surface area contributed by atoms with Gasteiger partial charge in [-0.05, 0) is 56.7 Å². The second kappa shape index (κ2) is 10.7. The van der Waals surface area contributed by atoms with E-state index in [2.05, 4.69) is 59.7 Å². The molecule has 3 aromatic carbocycles. The maximum absolute atomic E-state index is 11.1. The molecule has 0 aliphatic carbocycles. The molecule has 0 saturated carbocycles. The largest absolute Gasteiger partial charge is 0.744 e. The summed E-state index contributed by atoms with van der Waals surface area (Å²) in [5.41, 5.74) is 6.16. The highest BCUT2D eigenvalue weighted by Gasteiger charge is 2.43. The summed E-state index contributed by atoms with van der Waals surface area (Å²) < 4.78 is 33.3. The Bertz CT molecular complexity index is 1470. The topological polar surface area (TPSA) is 107 Å². The molecule has 1 aliphatic rings. The first-order valence-electron chi connectivity index (χ1n) is 11.6. The predicted molar refractivity (Wildman–Crippen MR) is 146 cm³/mol. The Hall–Kier alpha value is -3.82. The zero-order valence-corrected chi connectivity index (χ0v) is 22.6.